The molecule has 0 spiro atoms. The molecule has 0 saturated carbocycles. The van der Waals surface area contributed by atoms with Crippen molar-refractivity contribution in [2.45, 2.75) is 32.1 Å². The van der Waals surface area contributed by atoms with E-state index in [4.69, 9.17) is 9.47 Å². The Hall–Kier alpha value is -3.00. The molecule has 2 N–H and O–H groups in total. The number of nitrogens with zero attached hydrogens (tertiary/aromatic N) is 1. The van der Waals surface area contributed by atoms with Crippen LogP contribution in [0, 0.1) is 5.82 Å². The van der Waals surface area contributed by atoms with E-state index >= 15 is 0 Å². The molecule has 2 aromatic rings. The molecule has 6 nitrogen and oxygen atoms in total. The summed E-state index contributed by atoms with van der Waals surface area (Å²) in [6.45, 7) is 6.92. The zero-order valence-electron chi connectivity index (χ0n) is 18.7. The fourth-order valence-corrected chi connectivity index (χ4v) is 4.68. The first-order valence-corrected chi connectivity index (χ1v) is 11.1. The van der Waals surface area contributed by atoms with Crippen LogP contribution in [0.25, 0.3) is 11.1 Å². The number of aliphatic hydroxyl groups excluding tert-OH is 1. The molecule has 1 saturated heterocycles. The van der Waals surface area contributed by atoms with E-state index in [1.165, 1.54) is 17.7 Å². The summed E-state index contributed by atoms with van der Waals surface area (Å²) in [5, 5.41) is 12.1. The molecule has 3 heterocycles. The lowest BCUT2D eigenvalue weighted by Gasteiger charge is -2.32. The third-order valence-electron chi connectivity index (χ3n) is 6.36. The molecule has 1 fully saturated rings. The van der Waals surface area contributed by atoms with Gasteiger partial charge >= 0.3 is 0 Å². The minimum absolute atomic E-state index is 0.0334. The minimum atomic E-state index is -0.640. The van der Waals surface area contributed by atoms with Crippen LogP contribution in [-0.4, -0.2) is 53.9 Å². The van der Waals surface area contributed by atoms with Crippen LogP contribution in [-0.2, 0) is 20.8 Å². The van der Waals surface area contributed by atoms with Crippen molar-refractivity contribution in [1.29, 1.82) is 0 Å². The zero-order chi connectivity index (χ0) is 23.2. The number of morpholine rings is 1. The van der Waals surface area contributed by atoms with E-state index in [0.717, 1.165) is 24.2 Å². The van der Waals surface area contributed by atoms with E-state index < -0.39 is 11.4 Å². The number of nitrogens with one attached hydrogen (secondary N) is 1. The van der Waals surface area contributed by atoms with Gasteiger partial charge in [-0.25, -0.2) is 4.39 Å². The van der Waals surface area contributed by atoms with E-state index in [0.29, 0.717) is 35.7 Å². The number of anilines is 1. The second-order valence-corrected chi connectivity index (χ2v) is 9.16. The van der Waals surface area contributed by atoms with Crippen molar-refractivity contribution in [2.75, 3.05) is 31.6 Å². The molecule has 0 aliphatic carbocycles. The first-order valence-electron chi connectivity index (χ1n) is 11.1. The van der Waals surface area contributed by atoms with Crippen molar-refractivity contribution in [3.05, 3.63) is 76.8 Å². The highest BCUT2D eigenvalue weighted by Crippen LogP contribution is 2.44. The van der Waals surface area contributed by atoms with Gasteiger partial charge in [0.25, 0.3) is 5.91 Å². The third kappa shape index (κ3) is 4.19. The van der Waals surface area contributed by atoms with Gasteiger partial charge < -0.3 is 19.9 Å². The van der Waals surface area contributed by atoms with Gasteiger partial charge in [0.2, 0.25) is 0 Å². The van der Waals surface area contributed by atoms with Crippen molar-refractivity contribution >= 4 is 22.7 Å². The number of carbonyl (C=O) groups excluding carboxylic acids is 1. The molecule has 0 radical (unpaired) electrons. The maximum Gasteiger partial charge on any atom is 0.260 e. The van der Waals surface area contributed by atoms with Crippen molar-refractivity contribution in [3.63, 3.8) is 0 Å². The topological polar surface area (TPSA) is 71.0 Å². The molecular formula is C26H27FN2O4. The van der Waals surface area contributed by atoms with Crippen LogP contribution in [0.2, 0.25) is 0 Å². The van der Waals surface area contributed by atoms with Gasteiger partial charge in [-0.15, -0.1) is 0 Å². The standard InChI is InChI=1S/C26H27FN2O4/c1-26(2)21(12-23(33-26)24-20-11-18(27)7-8-22(20)28-25(24)31)17-5-3-16(4-6-17)13-29-9-10-32-19(14-29)15-30/h3-8,11-12,19,30H,9-10,13-15H2,1-2H3,(H,28,31)/b24-23+. The summed E-state index contributed by atoms with van der Waals surface area (Å²) >= 11 is 0. The number of amides is 1. The molecule has 33 heavy (non-hydrogen) atoms. The number of carbonyl (C=O) groups is 1. The molecule has 0 bridgehead atoms. The molecule has 0 aromatic heterocycles. The molecular weight excluding hydrogens is 423 g/mol. The SMILES string of the molecule is CC1(C)O/C(=C2/C(=O)Nc3ccc(F)cc32)C=C1c1ccc(CN2CCOC(CO)C2)cc1. The number of benzene rings is 2. The summed E-state index contributed by atoms with van der Waals surface area (Å²) in [5.41, 5.74) is 3.96. The molecule has 3 aliphatic heterocycles. The number of ether oxygens (including phenoxy) is 2. The molecule has 1 amide bonds. The number of fused-ring (bicyclic) bond motifs is 1. The zero-order valence-corrected chi connectivity index (χ0v) is 18.7. The average molecular weight is 451 g/mol. The Bertz CT molecular complexity index is 1150. The largest absolute Gasteiger partial charge is 0.482 e. The number of aliphatic hydroxyl groups is 1. The minimum Gasteiger partial charge on any atom is -0.482 e. The predicted molar refractivity (Wildman–Crippen MR) is 124 cm³/mol. The van der Waals surface area contributed by atoms with E-state index in [-0.39, 0.29) is 18.6 Å². The maximum absolute atomic E-state index is 13.8. The Labute approximate surface area is 192 Å². The van der Waals surface area contributed by atoms with E-state index in [1.807, 2.05) is 19.9 Å². The van der Waals surface area contributed by atoms with Crippen LogP contribution < -0.4 is 5.32 Å². The van der Waals surface area contributed by atoms with Crippen LogP contribution in [0.15, 0.2) is 54.3 Å². The van der Waals surface area contributed by atoms with E-state index in [2.05, 4.69) is 34.5 Å². The quantitative estimate of drug-likeness (QED) is 0.697. The fraction of sp³-hybridized carbons (Fsp3) is 0.346. The lowest BCUT2D eigenvalue weighted by atomic mass is 9.91. The highest BCUT2D eigenvalue weighted by Gasteiger charge is 2.38. The number of halogens is 1. The Morgan fingerprint density at radius 2 is 2.00 bits per heavy atom. The van der Waals surface area contributed by atoms with Gasteiger partial charge in [0.1, 0.15) is 17.2 Å². The van der Waals surface area contributed by atoms with Gasteiger partial charge in [0.05, 0.1) is 24.9 Å². The summed E-state index contributed by atoms with van der Waals surface area (Å²) in [7, 11) is 0. The Balaban J connectivity index is 1.41. The van der Waals surface area contributed by atoms with Crippen molar-refractivity contribution in [2.24, 2.45) is 0 Å². The first-order chi connectivity index (χ1) is 15.8. The number of rotatable bonds is 4. The van der Waals surface area contributed by atoms with Gasteiger partial charge in [-0.2, -0.15) is 0 Å². The Morgan fingerprint density at radius 1 is 1.21 bits per heavy atom. The van der Waals surface area contributed by atoms with Gasteiger partial charge in [-0.1, -0.05) is 24.3 Å². The maximum atomic E-state index is 13.8. The lowest BCUT2D eigenvalue weighted by molar-refractivity contribution is -0.111. The number of hydrogen-bond donors (Lipinski definition) is 2. The molecule has 5 rings (SSSR count). The van der Waals surface area contributed by atoms with Gasteiger partial charge in [0.15, 0.2) is 0 Å². The molecule has 1 unspecified atom stereocenters. The predicted octanol–water partition coefficient (Wildman–Crippen LogP) is 3.57. The molecule has 2 aromatic carbocycles. The smallest absolute Gasteiger partial charge is 0.260 e. The van der Waals surface area contributed by atoms with Crippen LogP contribution in [0.1, 0.15) is 30.5 Å². The van der Waals surface area contributed by atoms with Crippen LogP contribution >= 0.6 is 0 Å². The molecule has 7 heteroatoms. The van der Waals surface area contributed by atoms with Crippen LogP contribution in [0.4, 0.5) is 10.1 Å². The third-order valence-corrected chi connectivity index (χ3v) is 6.36. The normalized spacial score (nSPS) is 24.3. The number of allylic oxidation sites excluding steroid dienone is 1. The number of hydrogen-bond acceptors (Lipinski definition) is 5. The summed E-state index contributed by atoms with van der Waals surface area (Å²) in [5.74, 6) is -0.240. The van der Waals surface area contributed by atoms with Gasteiger partial charge in [-0.05, 0) is 49.2 Å². The molecule has 172 valence electrons. The second-order valence-electron chi connectivity index (χ2n) is 9.16. The van der Waals surface area contributed by atoms with Gasteiger partial charge in [-0.3, -0.25) is 9.69 Å². The van der Waals surface area contributed by atoms with Crippen LogP contribution in [0.3, 0.4) is 0 Å². The lowest BCUT2D eigenvalue weighted by Crippen LogP contribution is -2.43. The average Bonchev–Trinajstić information content (AvgIpc) is 3.28. The van der Waals surface area contributed by atoms with Crippen LogP contribution in [0.5, 0.6) is 0 Å². The Kier molecular flexibility index (Phi) is 5.56. The first kappa shape index (κ1) is 21.8. The highest BCUT2D eigenvalue weighted by molar-refractivity contribution is 6.32. The van der Waals surface area contributed by atoms with Gasteiger partial charge in [0, 0.05) is 36.5 Å². The summed E-state index contributed by atoms with van der Waals surface area (Å²) in [6.07, 6.45) is 1.76. The van der Waals surface area contributed by atoms with E-state index in [1.54, 1.807) is 6.07 Å². The summed E-state index contributed by atoms with van der Waals surface area (Å²) in [4.78, 5) is 14.9. The monoisotopic (exact) mass is 450 g/mol. The Morgan fingerprint density at radius 3 is 2.76 bits per heavy atom. The second kappa shape index (κ2) is 8.41. The summed E-state index contributed by atoms with van der Waals surface area (Å²) in [6, 6.07) is 12.6. The molecule has 1 atom stereocenters. The van der Waals surface area contributed by atoms with Crippen molar-refractivity contribution in [3.8, 4) is 0 Å². The highest BCUT2D eigenvalue weighted by atomic mass is 19.1. The molecule has 3 aliphatic rings. The summed E-state index contributed by atoms with van der Waals surface area (Å²) < 4.78 is 25.6. The van der Waals surface area contributed by atoms with Crippen molar-refractivity contribution < 1.29 is 23.8 Å². The van der Waals surface area contributed by atoms with E-state index in [9.17, 15) is 14.3 Å². The van der Waals surface area contributed by atoms with Crippen molar-refractivity contribution in [1.82, 2.24) is 4.90 Å². The fourth-order valence-electron chi connectivity index (χ4n) is 4.68.